The van der Waals surface area contributed by atoms with Gasteiger partial charge in [0.1, 0.15) is 5.54 Å². The van der Waals surface area contributed by atoms with E-state index in [1.165, 1.54) is 0 Å². The molecule has 1 aliphatic rings. The molecular formula is C15H30N2O2. The molecule has 2 atom stereocenters. The Kier molecular flexibility index (Phi) is 6.80. The van der Waals surface area contributed by atoms with Crippen molar-refractivity contribution in [1.82, 2.24) is 10.2 Å². The van der Waals surface area contributed by atoms with Crippen LogP contribution in [0.25, 0.3) is 0 Å². The molecule has 0 aromatic heterocycles. The van der Waals surface area contributed by atoms with Gasteiger partial charge >= 0.3 is 5.97 Å². The van der Waals surface area contributed by atoms with Gasteiger partial charge in [0.05, 0.1) is 0 Å². The van der Waals surface area contributed by atoms with Crippen LogP contribution in [0, 0.1) is 5.92 Å². The van der Waals surface area contributed by atoms with E-state index < -0.39 is 11.5 Å². The van der Waals surface area contributed by atoms with E-state index in [0.29, 0.717) is 0 Å². The lowest BCUT2D eigenvalue weighted by Gasteiger charge is -2.33. The molecule has 0 saturated heterocycles. The highest BCUT2D eigenvalue weighted by molar-refractivity contribution is 5.79. The van der Waals surface area contributed by atoms with Crippen molar-refractivity contribution in [3.8, 4) is 0 Å². The Balaban J connectivity index is 2.65. The summed E-state index contributed by atoms with van der Waals surface area (Å²) in [6, 6.07) is 0. The van der Waals surface area contributed by atoms with E-state index in [-0.39, 0.29) is 5.92 Å². The molecule has 0 aliphatic heterocycles. The first-order chi connectivity index (χ1) is 9.10. The third-order valence-electron chi connectivity index (χ3n) is 4.58. The molecular weight excluding hydrogens is 240 g/mol. The van der Waals surface area contributed by atoms with Crippen molar-refractivity contribution in [2.75, 3.05) is 26.2 Å². The van der Waals surface area contributed by atoms with Crippen LogP contribution in [0.2, 0.25) is 0 Å². The molecule has 0 heterocycles. The van der Waals surface area contributed by atoms with Gasteiger partial charge < -0.3 is 15.3 Å². The smallest absolute Gasteiger partial charge is 0.324 e. The number of carboxylic acids is 1. The Morgan fingerprint density at radius 1 is 1.37 bits per heavy atom. The highest BCUT2D eigenvalue weighted by Crippen LogP contribution is 2.38. The van der Waals surface area contributed by atoms with Crippen LogP contribution in [0.3, 0.4) is 0 Å². The number of aliphatic carboxylic acids is 1. The summed E-state index contributed by atoms with van der Waals surface area (Å²) in [6.07, 6.45) is 4.84. The molecule has 2 N–H and O–H groups in total. The maximum Gasteiger partial charge on any atom is 0.324 e. The number of nitrogens with one attached hydrogen (secondary N) is 1. The Bertz CT molecular complexity index is 279. The van der Waals surface area contributed by atoms with Crippen LogP contribution in [-0.2, 0) is 4.79 Å². The molecule has 19 heavy (non-hydrogen) atoms. The van der Waals surface area contributed by atoms with Crippen molar-refractivity contribution in [1.29, 1.82) is 0 Å². The summed E-state index contributed by atoms with van der Waals surface area (Å²) in [4.78, 5) is 14.1. The number of carbonyl (C=O) groups is 1. The zero-order valence-corrected chi connectivity index (χ0v) is 12.7. The highest BCUT2D eigenvalue weighted by Gasteiger charge is 2.48. The molecule has 1 saturated carbocycles. The van der Waals surface area contributed by atoms with E-state index in [1.54, 1.807) is 0 Å². The third kappa shape index (κ3) is 3.93. The van der Waals surface area contributed by atoms with Gasteiger partial charge in [-0.05, 0) is 57.8 Å². The van der Waals surface area contributed by atoms with E-state index in [4.69, 9.17) is 0 Å². The Hall–Kier alpha value is -0.610. The van der Waals surface area contributed by atoms with E-state index in [1.807, 2.05) is 0 Å². The molecule has 0 bridgehead atoms. The molecule has 1 fully saturated rings. The van der Waals surface area contributed by atoms with Crippen molar-refractivity contribution < 1.29 is 9.90 Å². The topological polar surface area (TPSA) is 52.6 Å². The molecule has 0 amide bonds. The normalized spacial score (nSPS) is 27.1. The predicted octanol–water partition coefficient (Wildman–Crippen LogP) is 2.34. The van der Waals surface area contributed by atoms with E-state index in [0.717, 1.165) is 58.3 Å². The number of hydrogen-bond donors (Lipinski definition) is 2. The summed E-state index contributed by atoms with van der Waals surface area (Å²) < 4.78 is 0. The quantitative estimate of drug-likeness (QED) is 0.675. The third-order valence-corrected chi connectivity index (χ3v) is 4.58. The average Bonchev–Trinajstić information content (AvgIpc) is 2.82. The number of carboxylic acid groups (broad SMARTS) is 1. The molecule has 0 radical (unpaired) electrons. The van der Waals surface area contributed by atoms with Crippen LogP contribution < -0.4 is 5.32 Å². The van der Waals surface area contributed by atoms with Crippen LogP contribution in [0.15, 0.2) is 0 Å². The fraction of sp³-hybridized carbons (Fsp3) is 0.933. The average molecular weight is 270 g/mol. The Labute approximate surface area is 117 Å². The van der Waals surface area contributed by atoms with Crippen molar-refractivity contribution in [2.45, 2.75) is 58.4 Å². The molecule has 2 unspecified atom stereocenters. The fourth-order valence-corrected chi connectivity index (χ4v) is 3.28. The number of nitrogens with zero attached hydrogens (tertiary/aromatic N) is 1. The summed E-state index contributed by atoms with van der Waals surface area (Å²) in [5, 5.41) is 13.0. The summed E-state index contributed by atoms with van der Waals surface area (Å²) >= 11 is 0. The largest absolute Gasteiger partial charge is 0.480 e. The highest BCUT2D eigenvalue weighted by atomic mass is 16.4. The minimum atomic E-state index is -0.664. The first-order valence-corrected chi connectivity index (χ1v) is 7.81. The van der Waals surface area contributed by atoms with Crippen molar-refractivity contribution >= 4 is 5.97 Å². The molecule has 4 heteroatoms. The molecule has 112 valence electrons. The van der Waals surface area contributed by atoms with E-state index in [9.17, 15) is 9.90 Å². The maximum absolute atomic E-state index is 11.7. The van der Waals surface area contributed by atoms with Crippen LogP contribution in [0.1, 0.15) is 52.9 Å². The molecule has 1 aliphatic carbocycles. The first kappa shape index (κ1) is 16.4. The lowest BCUT2D eigenvalue weighted by atomic mass is 9.84. The second-order valence-electron chi connectivity index (χ2n) is 5.61. The zero-order valence-electron chi connectivity index (χ0n) is 12.7. The van der Waals surface area contributed by atoms with Crippen molar-refractivity contribution in [3.05, 3.63) is 0 Å². The monoisotopic (exact) mass is 270 g/mol. The van der Waals surface area contributed by atoms with Gasteiger partial charge in [-0.1, -0.05) is 27.2 Å². The lowest BCUT2D eigenvalue weighted by molar-refractivity contribution is -0.146. The molecule has 1 rings (SSSR count). The summed E-state index contributed by atoms with van der Waals surface area (Å²) in [6.45, 7) is 10.3. The molecule has 0 aromatic rings. The fourth-order valence-electron chi connectivity index (χ4n) is 3.28. The standard InChI is InChI=1S/C15H30N2O2/c1-4-11-16-15(14(18)19)10-7-8-13(15)9-12-17(5-2)6-3/h13,16H,4-12H2,1-3H3,(H,18,19). The summed E-state index contributed by atoms with van der Waals surface area (Å²) in [5.41, 5.74) is -0.664. The van der Waals surface area contributed by atoms with Gasteiger partial charge in [0, 0.05) is 0 Å². The van der Waals surface area contributed by atoms with Gasteiger partial charge in [-0.15, -0.1) is 0 Å². The van der Waals surface area contributed by atoms with Crippen LogP contribution in [0.5, 0.6) is 0 Å². The number of rotatable bonds is 9. The second-order valence-corrected chi connectivity index (χ2v) is 5.61. The van der Waals surface area contributed by atoms with Crippen LogP contribution in [-0.4, -0.2) is 47.7 Å². The van der Waals surface area contributed by atoms with E-state index in [2.05, 4.69) is 31.0 Å². The molecule has 0 aromatic carbocycles. The predicted molar refractivity (Wildman–Crippen MR) is 78.4 cm³/mol. The zero-order chi connectivity index (χ0) is 14.3. The van der Waals surface area contributed by atoms with Gasteiger partial charge in [-0.25, -0.2) is 0 Å². The van der Waals surface area contributed by atoms with Crippen molar-refractivity contribution in [3.63, 3.8) is 0 Å². The molecule has 4 nitrogen and oxygen atoms in total. The van der Waals surface area contributed by atoms with Crippen LogP contribution >= 0.6 is 0 Å². The van der Waals surface area contributed by atoms with E-state index >= 15 is 0 Å². The van der Waals surface area contributed by atoms with Gasteiger partial charge in [-0.2, -0.15) is 0 Å². The first-order valence-electron chi connectivity index (χ1n) is 7.81. The molecule has 0 spiro atoms. The second kappa shape index (κ2) is 7.85. The SMILES string of the molecule is CCCNC1(C(=O)O)CCCC1CCN(CC)CC. The van der Waals surface area contributed by atoms with Gasteiger partial charge in [0.2, 0.25) is 0 Å². The Morgan fingerprint density at radius 3 is 2.58 bits per heavy atom. The summed E-state index contributed by atoms with van der Waals surface area (Å²) in [5.74, 6) is -0.375. The minimum absolute atomic E-state index is 0.275. The van der Waals surface area contributed by atoms with Crippen molar-refractivity contribution in [2.24, 2.45) is 5.92 Å². The number of hydrogen-bond acceptors (Lipinski definition) is 3. The van der Waals surface area contributed by atoms with Crippen LogP contribution in [0.4, 0.5) is 0 Å². The maximum atomic E-state index is 11.7. The minimum Gasteiger partial charge on any atom is -0.480 e. The van der Waals surface area contributed by atoms with Gasteiger partial charge in [0.25, 0.3) is 0 Å². The lowest BCUT2D eigenvalue weighted by Crippen LogP contribution is -2.55. The van der Waals surface area contributed by atoms with Gasteiger partial charge in [-0.3, -0.25) is 4.79 Å². The van der Waals surface area contributed by atoms with Gasteiger partial charge in [0.15, 0.2) is 0 Å². The Morgan fingerprint density at radius 2 is 2.05 bits per heavy atom. The summed E-state index contributed by atoms with van der Waals surface area (Å²) in [7, 11) is 0.